The Balaban J connectivity index is 2.11. The molecule has 0 unspecified atom stereocenters. The molecule has 0 saturated carbocycles. The second-order valence-corrected chi connectivity index (χ2v) is 5.02. The van der Waals surface area contributed by atoms with Gasteiger partial charge in [0.15, 0.2) is 0 Å². The molecule has 1 aromatic heterocycles. The van der Waals surface area contributed by atoms with Crippen LogP contribution in [0.15, 0.2) is 23.1 Å². The average Bonchev–Trinajstić information content (AvgIpc) is 2.67. The Kier molecular flexibility index (Phi) is 4.22. The maximum Gasteiger partial charge on any atom is 0.255 e. The number of hydrogen-bond donors (Lipinski definition) is 0. The Morgan fingerprint density at radius 3 is 2.35 bits per heavy atom. The van der Waals surface area contributed by atoms with Crippen molar-refractivity contribution in [2.75, 3.05) is 26.2 Å². The first-order valence-corrected chi connectivity index (χ1v) is 6.70. The lowest BCUT2D eigenvalue weighted by atomic mass is 10.2. The highest BCUT2D eigenvalue weighted by Gasteiger charge is 2.21. The van der Waals surface area contributed by atoms with Gasteiger partial charge in [-0.15, -0.1) is 0 Å². The largest absolute Gasteiger partial charge is 0.341 e. The van der Waals surface area contributed by atoms with Gasteiger partial charge in [0.1, 0.15) is 0 Å². The van der Waals surface area contributed by atoms with Crippen LogP contribution in [0.5, 0.6) is 0 Å². The molecule has 2 heterocycles. The standard InChI is InChI=1S/C14H19N3O3/c1-11(18)16-6-3-7-17(9-8-16)14(20)12-4-5-13(19)15(2)10-12/h4-5,10H,3,6-9H2,1-2H3. The molecular weight excluding hydrogens is 258 g/mol. The lowest BCUT2D eigenvalue weighted by molar-refractivity contribution is -0.128. The number of hydrogen-bond acceptors (Lipinski definition) is 3. The van der Waals surface area contributed by atoms with E-state index in [0.29, 0.717) is 31.7 Å². The molecule has 0 atom stereocenters. The molecule has 0 bridgehead atoms. The van der Waals surface area contributed by atoms with Crippen LogP contribution in [0.1, 0.15) is 23.7 Å². The van der Waals surface area contributed by atoms with E-state index < -0.39 is 0 Å². The summed E-state index contributed by atoms with van der Waals surface area (Å²) >= 11 is 0. The van der Waals surface area contributed by atoms with Crippen molar-refractivity contribution < 1.29 is 9.59 Å². The number of amides is 2. The highest BCUT2D eigenvalue weighted by molar-refractivity contribution is 5.94. The molecule has 0 radical (unpaired) electrons. The summed E-state index contributed by atoms with van der Waals surface area (Å²) in [6.45, 7) is 3.95. The molecule has 0 N–H and O–H groups in total. The monoisotopic (exact) mass is 277 g/mol. The first-order chi connectivity index (χ1) is 9.49. The molecule has 1 saturated heterocycles. The van der Waals surface area contributed by atoms with E-state index in [2.05, 4.69) is 0 Å². The Morgan fingerprint density at radius 1 is 1.05 bits per heavy atom. The van der Waals surface area contributed by atoms with Crippen LogP contribution in [0.4, 0.5) is 0 Å². The molecule has 1 aromatic rings. The Morgan fingerprint density at radius 2 is 1.70 bits per heavy atom. The topological polar surface area (TPSA) is 62.6 Å². The van der Waals surface area contributed by atoms with Crippen LogP contribution in [0.3, 0.4) is 0 Å². The van der Waals surface area contributed by atoms with Crippen LogP contribution < -0.4 is 5.56 Å². The van der Waals surface area contributed by atoms with Crippen molar-refractivity contribution in [1.82, 2.24) is 14.4 Å². The summed E-state index contributed by atoms with van der Waals surface area (Å²) in [5.74, 6) is -0.0487. The highest BCUT2D eigenvalue weighted by atomic mass is 16.2. The van der Waals surface area contributed by atoms with Crippen LogP contribution in [-0.2, 0) is 11.8 Å². The van der Waals surface area contributed by atoms with E-state index >= 15 is 0 Å². The summed E-state index contributed by atoms with van der Waals surface area (Å²) in [5, 5.41) is 0. The minimum atomic E-state index is -0.139. The van der Waals surface area contributed by atoms with Gasteiger partial charge in [-0.1, -0.05) is 0 Å². The van der Waals surface area contributed by atoms with Crippen molar-refractivity contribution in [3.05, 3.63) is 34.2 Å². The second-order valence-electron chi connectivity index (χ2n) is 5.02. The number of carbonyl (C=O) groups excluding carboxylic acids is 2. The van der Waals surface area contributed by atoms with Gasteiger partial charge in [0, 0.05) is 52.4 Å². The van der Waals surface area contributed by atoms with E-state index in [-0.39, 0.29) is 17.4 Å². The van der Waals surface area contributed by atoms with Gasteiger partial charge in [0.25, 0.3) is 5.91 Å². The van der Waals surface area contributed by atoms with Crippen LogP contribution in [0.2, 0.25) is 0 Å². The van der Waals surface area contributed by atoms with E-state index in [1.807, 2.05) is 0 Å². The zero-order valence-corrected chi connectivity index (χ0v) is 11.8. The van der Waals surface area contributed by atoms with Gasteiger partial charge in [-0.05, 0) is 12.5 Å². The van der Waals surface area contributed by atoms with Crippen molar-refractivity contribution in [3.8, 4) is 0 Å². The fourth-order valence-electron chi connectivity index (χ4n) is 2.34. The minimum absolute atomic E-state index is 0.0430. The lowest BCUT2D eigenvalue weighted by Gasteiger charge is -2.21. The summed E-state index contributed by atoms with van der Waals surface area (Å²) in [4.78, 5) is 38.6. The summed E-state index contributed by atoms with van der Waals surface area (Å²) in [7, 11) is 1.62. The van der Waals surface area contributed by atoms with Gasteiger partial charge in [0.05, 0.1) is 5.56 Å². The van der Waals surface area contributed by atoms with E-state index in [4.69, 9.17) is 0 Å². The van der Waals surface area contributed by atoms with Gasteiger partial charge in [-0.2, -0.15) is 0 Å². The zero-order chi connectivity index (χ0) is 14.7. The predicted molar refractivity (Wildman–Crippen MR) is 74.5 cm³/mol. The van der Waals surface area contributed by atoms with E-state index in [1.54, 1.807) is 36.0 Å². The number of carbonyl (C=O) groups is 2. The fourth-order valence-corrected chi connectivity index (χ4v) is 2.34. The quantitative estimate of drug-likeness (QED) is 0.730. The van der Waals surface area contributed by atoms with Crippen LogP contribution in [0.25, 0.3) is 0 Å². The van der Waals surface area contributed by atoms with Crippen molar-refractivity contribution in [3.63, 3.8) is 0 Å². The molecule has 1 fully saturated rings. The molecule has 6 nitrogen and oxygen atoms in total. The molecule has 0 aromatic carbocycles. The van der Waals surface area contributed by atoms with Crippen molar-refractivity contribution in [2.45, 2.75) is 13.3 Å². The molecule has 1 aliphatic heterocycles. The Hall–Kier alpha value is -2.11. The summed E-state index contributed by atoms with van der Waals surface area (Å²) in [6, 6.07) is 2.95. The number of aryl methyl sites for hydroxylation is 1. The molecular formula is C14H19N3O3. The smallest absolute Gasteiger partial charge is 0.255 e. The second kappa shape index (κ2) is 5.90. The number of nitrogens with zero attached hydrogens (tertiary/aromatic N) is 3. The molecule has 0 spiro atoms. The first kappa shape index (κ1) is 14.3. The molecule has 2 rings (SSSR count). The van der Waals surface area contributed by atoms with Gasteiger partial charge < -0.3 is 14.4 Å². The van der Waals surface area contributed by atoms with E-state index in [9.17, 15) is 14.4 Å². The molecule has 20 heavy (non-hydrogen) atoms. The third kappa shape index (κ3) is 3.07. The summed E-state index contributed by atoms with van der Waals surface area (Å²) in [6.07, 6.45) is 2.33. The number of aromatic nitrogens is 1. The van der Waals surface area contributed by atoms with Gasteiger partial charge in [-0.3, -0.25) is 14.4 Å². The number of pyridine rings is 1. The van der Waals surface area contributed by atoms with Crippen molar-refractivity contribution in [1.29, 1.82) is 0 Å². The van der Waals surface area contributed by atoms with E-state index in [0.717, 1.165) is 6.42 Å². The van der Waals surface area contributed by atoms with Crippen molar-refractivity contribution in [2.24, 2.45) is 7.05 Å². The first-order valence-electron chi connectivity index (χ1n) is 6.70. The molecule has 108 valence electrons. The van der Waals surface area contributed by atoms with Crippen LogP contribution in [0, 0.1) is 0 Å². The minimum Gasteiger partial charge on any atom is -0.341 e. The van der Waals surface area contributed by atoms with Gasteiger partial charge in [-0.25, -0.2) is 0 Å². The predicted octanol–water partition coefficient (Wildman–Crippen LogP) is 0.0797. The highest BCUT2D eigenvalue weighted by Crippen LogP contribution is 2.08. The maximum atomic E-state index is 12.4. The summed E-state index contributed by atoms with van der Waals surface area (Å²) in [5.41, 5.74) is 0.364. The van der Waals surface area contributed by atoms with E-state index in [1.165, 1.54) is 10.6 Å². The van der Waals surface area contributed by atoms with Gasteiger partial charge in [0.2, 0.25) is 11.5 Å². The molecule has 2 amide bonds. The Labute approximate surface area is 117 Å². The third-order valence-corrected chi connectivity index (χ3v) is 3.56. The SMILES string of the molecule is CC(=O)N1CCCN(C(=O)c2ccc(=O)n(C)c2)CC1. The van der Waals surface area contributed by atoms with Crippen LogP contribution in [-0.4, -0.2) is 52.4 Å². The van der Waals surface area contributed by atoms with Crippen molar-refractivity contribution >= 4 is 11.8 Å². The summed E-state index contributed by atoms with van der Waals surface area (Å²) < 4.78 is 1.40. The zero-order valence-electron chi connectivity index (χ0n) is 11.8. The molecule has 0 aliphatic carbocycles. The lowest BCUT2D eigenvalue weighted by Crippen LogP contribution is -2.36. The normalized spacial score (nSPS) is 15.9. The van der Waals surface area contributed by atoms with Crippen LogP contribution >= 0.6 is 0 Å². The molecule has 6 heteroatoms. The maximum absolute atomic E-state index is 12.4. The fraction of sp³-hybridized carbons (Fsp3) is 0.500. The third-order valence-electron chi connectivity index (χ3n) is 3.56. The molecule has 1 aliphatic rings. The Bertz CT molecular complexity index is 579. The average molecular weight is 277 g/mol. The number of rotatable bonds is 1. The van der Waals surface area contributed by atoms with Gasteiger partial charge >= 0.3 is 0 Å².